The van der Waals surface area contributed by atoms with E-state index in [0.717, 1.165) is 50.5 Å². The van der Waals surface area contributed by atoms with Gasteiger partial charge in [-0.1, -0.05) is 37.6 Å². The molecule has 1 saturated heterocycles. The largest absolute Gasteiger partial charge is 0.348 e. The Morgan fingerprint density at radius 1 is 1.23 bits per heavy atom. The molecule has 0 bridgehead atoms. The summed E-state index contributed by atoms with van der Waals surface area (Å²) >= 11 is 0. The zero-order valence-electron chi connectivity index (χ0n) is 15.6. The summed E-state index contributed by atoms with van der Waals surface area (Å²) in [6, 6.07) is 8.57. The van der Waals surface area contributed by atoms with Crippen molar-refractivity contribution < 1.29 is 4.79 Å². The van der Waals surface area contributed by atoms with Gasteiger partial charge < -0.3 is 10.2 Å². The van der Waals surface area contributed by atoms with E-state index in [1.54, 1.807) is 0 Å². The van der Waals surface area contributed by atoms with Gasteiger partial charge in [0.25, 0.3) is 0 Å². The Labute approximate surface area is 154 Å². The summed E-state index contributed by atoms with van der Waals surface area (Å²) in [4.78, 5) is 20.9. The molecule has 0 saturated carbocycles. The van der Waals surface area contributed by atoms with Crippen LogP contribution in [-0.4, -0.2) is 58.7 Å². The van der Waals surface area contributed by atoms with Gasteiger partial charge in [0.1, 0.15) is 6.33 Å². The number of benzene rings is 1. The Hall–Kier alpha value is -2.41. The Morgan fingerprint density at radius 2 is 1.96 bits per heavy atom. The minimum atomic E-state index is 0.0219. The summed E-state index contributed by atoms with van der Waals surface area (Å²) in [5.74, 6) is 0.873. The van der Waals surface area contributed by atoms with Crippen LogP contribution in [0, 0.1) is 0 Å². The van der Waals surface area contributed by atoms with E-state index in [9.17, 15) is 4.79 Å². The lowest BCUT2D eigenvalue weighted by Gasteiger charge is -2.34. The van der Waals surface area contributed by atoms with E-state index in [2.05, 4.69) is 61.5 Å². The molecule has 1 atom stereocenters. The molecule has 1 unspecified atom stereocenters. The lowest BCUT2D eigenvalue weighted by molar-refractivity contribution is -0.123. The molecule has 1 aliphatic heterocycles. The first kappa shape index (κ1) is 18.4. The fraction of sp³-hybridized carbons (Fsp3) is 0.526. The Morgan fingerprint density at radius 3 is 2.58 bits per heavy atom. The van der Waals surface area contributed by atoms with Gasteiger partial charge in [0.05, 0.1) is 12.6 Å². The second-order valence-electron chi connectivity index (χ2n) is 6.85. The number of hydrogen-bond donors (Lipinski definition) is 2. The number of anilines is 1. The topological polar surface area (TPSA) is 77.2 Å². The molecular weight excluding hydrogens is 328 g/mol. The quantitative estimate of drug-likeness (QED) is 0.790. The highest BCUT2D eigenvalue weighted by atomic mass is 16.2. The van der Waals surface area contributed by atoms with Crippen molar-refractivity contribution in [2.24, 2.45) is 0 Å². The van der Waals surface area contributed by atoms with E-state index in [1.807, 2.05) is 6.92 Å². The van der Waals surface area contributed by atoms with Gasteiger partial charge in [-0.2, -0.15) is 10.1 Å². The van der Waals surface area contributed by atoms with Crippen LogP contribution in [0.2, 0.25) is 0 Å². The predicted octanol–water partition coefficient (Wildman–Crippen LogP) is 1.76. The normalized spacial score (nSPS) is 16.5. The number of hydrogen-bond acceptors (Lipinski definition) is 5. The molecule has 2 N–H and O–H groups in total. The van der Waals surface area contributed by atoms with Crippen LogP contribution in [0.25, 0.3) is 0 Å². The third-order valence-electron chi connectivity index (χ3n) is 4.84. The Bertz CT molecular complexity index is 677. The highest BCUT2D eigenvalue weighted by Gasteiger charge is 2.21. The third kappa shape index (κ3) is 4.82. The van der Waals surface area contributed by atoms with Crippen LogP contribution in [0.15, 0.2) is 30.6 Å². The summed E-state index contributed by atoms with van der Waals surface area (Å²) in [7, 11) is 0. The Kier molecular flexibility index (Phi) is 6.22. The maximum Gasteiger partial charge on any atom is 0.234 e. The molecule has 0 aliphatic carbocycles. The predicted molar refractivity (Wildman–Crippen MR) is 102 cm³/mol. The van der Waals surface area contributed by atoms with Gasteiger partial charge in [0.2, 0.25) is 11.9 Å². The van der Waals surface area contributed by atoms with Crippen molar-refractivity contribution in [1.82, 2.24) is 25.4 Å². The van der Waals surface area contributed by atoms with Gasteiger partial charge in [-0.3, -0.25) is 9.69 Å². The van der Waals surface area contributed by atoms with Crippen molar-refractivity contribution in [3.8, 4) is 0 Å². The summed E-state index contributed by atoms with van der Waals surface area (Å²) in [6.45, 7) is 8.02. The minimum absolute atomic E-state index is 0.0219. The Balaban J connectivity index is 1.43. The van der Waals surface area contributed by atoms with Gasteiger partial charge in [-0.25, -0.2) is 5.10 Å². The van der Waals surface area contributed by atoms with Crippen LogP contribution in [0.3, 0.4) is 0 Å². The zero-order chi connectivity index (χ0) is 18.4. The zero-order valence-corrected chi connectivity index (χ0v) is 15.6. The molecule has 7 nitrogen and oxygen atoms in total. The van der Waals surface area contributed by atoms with Crippen LogP contribution in [0.5, 0.6) is 0 Å². The molecule has 7 heteroatoms. The summed E-state index contributed by atoms with van der Waals surface area (Å²) < 4.78 is 0. The lowest BCUT2D eigenvalue weighted by atomic mass is 10.0. The van der Waals surface area contributed by atoms with E-state index in [0.29, 0.717) is 6.54 Å². The summed E-state index contributed by atoms with van der Waals surface area (Å²) in [5.41, 5.74) is 2.49. The van der Waals surface area contributed by atoms with E-state index < -0.39 is 0 Å². The van der Waals surface area contributed by atoms with E-state index in [-0.39, 0.29) is 11.9 Å². The van der Waals surface area contributed by atoms with Crippen LogP contribution in [-0.2, 0) is 11.2 Å². The van der Waals surface area contributed by atoms with Crippen LogP contribution < -0.4 is 10.2 Å². The van der Waals surface area contributed by atoms with Gasteiger partial charge in [0, 0.05) is 26.2 Å². The average molecular weight is 356 g/mol. The molecule has 1 fully saturated rings. The molecular formula is C19H28N6O. The molecule has 0 spiro atoms. The van der Waals surface area contributed by atoms with Gasteiger partial charge >= 0.3 is 0 Å². The molecule has 1 amide bonds. The third-order valence-corrected chi connectivity index (χ3v) is 4.84. The van der Waals surface area contributed by atoms with Gasteiger partial charge in [-0.05, 0) is 24.5 Å². The van der Waals surface area contributed by atoms with Gasteiger partial charge in [0.15, 0.2) is 0 Å². The number of rotatable bonds is 7. The molecule has 26 heavy (non-hydrogen) atoms. The summed E-state index contributed by atoms with van der Waals surface area (Å²) in [6.07, 6.45) is 3.77. The molecule has 2 heterocycles. The number of piperazine rings is 1. The number of aryl methyl sites for hydroxylation is 1. The first-order chi connectivity index (χ1) is 12.7. The molecule has 1 aromatic carbocycles. The van der Waals surface area contributed by atoms with E-state index in [4.69, 9.17) is 0 Å². The van der Waals surface area contributed by atoms with E-state index in [1.165, 1.54) is 11.9 Å². The standard InChI is InChI=1S/C19H28N6O/c1-3-4-16-5-7-17(8-6-16)15(2)22-18(26)13-24-9-11-25(12-10-24)19-20-14-21-23-19/h5-8,14-15H,3-4,9-13H2,1-2H3,(H,22,26)(H,20,21,23). The minimum Gasteiger partial charge on any atom is -0.348 e. The fourth-order valence-corrected chi connectivity index (χ4v) is 3.30. The summed E-state index contributed by atoms with van der Waals surface area (Å²) in [5, 5.41) is 9.88. The molecule has 140 valence electrons. The van der Waals surface area contributed by atoms with Crippen LogP contribution >= 0.6 is 0 Å². The lowest BCUT2D eigenvalue weighted by Crippen LogP contribution is -2.50. The SMILES string of the molecule is CCCc1ccc(C(C)NC(=O)CN2CCN(c3ncn[nH]3)CC2)cc1. The van der Waals surface area contributed by atoms with Crippen molar-refractivity contribution in [1.29, 1.82) is 0 Å². The second kappa shape index (κ2) is 8.80. The molecule has 1 aliphatic rings. The molecule has 3 rings (SSSR count). The highest BCUT2D eigenvalue weighted by Crippen LogP contribution is 2.15. The van der Waals surface area contributed by atoms with E-state index >= 15 is 0 Å². The first-order valence-corrected chi connectivity index (χ1v) is 9.36. The van der Waals surface area contributed by atoms with Crippen molar-refractivity contribution in [2.75, 3.05) is 37.6 Å². The van der Waals surface area contributed by atoms with Gasteiger partial charge in [-0.15, -0.1) is 0 Å². The first-order valence-electron chi connectivity index (χ1n) is 9.36. The molecule has 2 aromatic rings. The number of nitrogens with zero attached hydrogens (tertiary/aromatic N) is 4. The number of nitrogens with one attached hydrogen (secondary N) is 2. The number of H-pyrrole nitrogens is 1. The number of carbonyl (C=O) groups is 1. The van der Waals surface area contributed by atoms with Crippen LogP contribution in [0.4, 0.5) is 5.95 Å². The number of carbonyl (C=O) groups excluding carboxylic acids is 1. The van der Waals surface area contributed by atoms with Crippen LogP contribution in [0.1, 0.15) is 37.4 Å². The second-order valence-corrected chi connectivity index (χ2v) is 6.85. The average Bonchev–Trinajstić information content (AvgIpc) is 3.18. The molecule has 0 radical (unpaired) electrons. The number of amides is 1. The van der Waals surface area contributed by atoms with Crippen molar-refractivity contribution in [2.45, 2.75) is 32.7 Å². The smallest absolute Gasteiger partial charge is 0.234 e. The molecule has 1 aromatic heterocycles. The highest BCUT2D eigenvalue weighted by molar-refractivity contribution is 5.78. The number of aromatic amines is 1. The monoisotopic (exact) mass is 356 g/mol. The fourth-order valence-electron chi connectivity index (χ4n) is 3.30. The number of aromatic nitrogens is 3. The van der Waals surface area contributed by atoms with Crippen molar-refractivity contribution in [3.63, 3.8) is 0 Å². The van der Waals surface area contributed by atoms with Crippen molar-refractivity contribution >= 4 is 11.9 Å². The van der Waals surface area contributed by atoms with Crippen molar-refractivity contribution in [3.05, 3.63) is 41.7 Å². The maximum atomic E-state index is 12.4. The maximum absolute atomic E-state index is 12.4.